The van der Waals surface area contributed by atoms with Crippen molar-refractivity contribution < 1.29 is 13.9 Å². The number of carbonyl (C=O) groups is 1. The molecule has 2 rings (SSSR count). The van der Waals surface area contributed by atoms with Crippen LogP contribution in [0.5, 0.6) is 0 Å². The normalized spacial score (nSPS) is 10.5. The van der Waals surface area contributed by atoms with Crippen LogP contribution in [0.1, 0.15) is 47.9 Å². The number of hydrogen-bond acceptors (Lipinski definition) is 4. The summed E-state index contributed by atoms with van der Waals surface area (Å²) in [5, 5.41) is 12.3. The van der Waals surface area contributed by atoms with Crippen molar-refractivity contribution in [2.24, 2.45) is 0 Å². The van der Waals surface area contributed by atoms with Crippen LogP contribution in [-0.2, 0) is 4.74 Å². The summed E-state index contributed by atoms with van der Waals surface area (Å²) in [5.41, 5.74) is 0.550. The molecule has 6 nitrogen and oxygen atoms in total. The second-order valence-electron chi connectivity index (χ2n) is 5.49. The number of nitrogens with zero attached hydrogens (tertiary/aromatic N) is 2. The molecule has 0 aromatic carbocycles. The molecule has 0 radical (unpaired) electrons. The summed E-state index contributed by atoms with van der Waals surface area (Å²) in [5.74, 6) is 0.514. The van der Waals surface area contributed by atoms with Crippen LogP contribution in [0.3, 0.4) is 0 Å². The largest absolute Gasteiger partial charge is 0.443 e. The number of furan rings is 1. The predicted molar refractivity (Wildman–Crippen MR) is 90.2 cm³/mol. The first-order valence-electron chi connectivity index (χ1n) is 8.21. The minimum atomic E-state index is -0.292. The van der Waals surface area contributed by atoms with E-state index in [2.05, 4.69) is 18.3 Å². The first kappa shape index (κ1) is 17.8. The van der Waals surface area contributed by atoms with Gasteiger partial charge in [0.1, 0.15) is 23.0 Å². The van der Waals surface area contributed by atoms with E-state index >= 15 is 0 Å². The Morgan fingerprint density at radius 1 is 1.33 bits per heavy atom. The Hall–Kier alpha value is -2.52. The van der Waals surface area contributed by atoms with Gasteiger partial charge >= 0.3 is 0 Å². The number of hydrogen-bond donors (Lipinski definition) is 1. The molecular formula is C18H23N3O3. The van der Waals surface area contributed by atoms with Crippen LogP contribution in [0.25, 0.3) is 5.88 Å². The fraction of sp³-hybridized carbons (Fsp3) is 0.444. The van der Waals surface area contributed by atoms with Gasteiger partial charge in [0.15, 0.2) is 0 Å². The standard InChI is InChI=1S/C18H23N3O3/c1-3-4-11-23-12-7-8-20-17(22)16-14(2)24-18(15(16)13-19)21-9-5-6-10-21/h5-6,9-10H,3-4,7-8,11-12H2,1-2H3,(H,20,22). The second-order valence-corrected chi connectivity index (χ2v) is 5.49. The number of nitriles is 1. The van der Waals surface area contributed by atoms with Crippen molar-refractivity contribution in [3.63, 3.8) is 0 Å². The third-order valence-electron chi connectivity index (χ3n) is 3.64. The van der Waals surface area contributed by atoms with Crippen LogP contribution in [0, 0.1) is 18.3 Å². The quantitative estimate of drug-likeness (QED) is 0.717. The number of rotatable bonds is 9. The molecule has 0 aliphatic heterocycles. The van der Waals surface area contributed by atoms with Gasteiger partial charge in [-0.15, -0.1) is 0 Å². The van der Waals surface area contributed by atoms with Crippen LogP contribution >= 0.6 is 0 Å². The third-order valence-corrected chi connectivity index (χ3v) is 3.64. The Morgan fingerprint density at radius 3 is 2.71 bits per heavy atom. The molecule has 24 heavy (non-hydrogen) atoms. The maximum absolute atomic E-state index is 12.4. The molecule has 0 aliphatic rings. The number of amides is 1. The zero-order valence-electron chi connectivity index (χ0n) is 14.2. The third kappa shape index (κ3) is 4.27. The van der Waals surface area contributed by atoms with Crippen LogP contribution in [0.15, 0.2) is 28.9 Å². The van der Waals surface area contributed by atoms with Crippen LogP contribution in [0.2, 0.25) is 0 Å². The van der Waals surface area contributed by atoms with E-state index in [4.69, 9.17) is 9.15 Å². The summed E-state index contributed by atoms with van der Waals surface area (Å²) in [4.78, 5) is 12.4. The highest BCUT2D eigenvalue weighted by Gasteiger charge is 2.24. The van der Waals surface area contributed by atoms with Gasteiger partial charge in [0, 0.05) is 32.2 Å². The highest BCUT2D eigenvalue weighted by Crippen LogP contribution is 2.25. The van der Waals surface area contributed by atoms with Gasteiger partial charge in [0.05, 0.1) is 0 Å². The number of ether oxygens (including phenoxy) is 1. The van der Waals surface area contributed by atoms with Crippen molar-refractivity contribution in [2.45, 2.75) is 33.1 Å². The SMILES string of the molecule is CCCCOCCCNC(=O)c1c(C)oc(-n2cccc2)c1C#N. The lowest BCUT2D eigenvalue weighted by Crippen LogP contribution is -2.26. The number of unbranched alkanes of at least 4 members (excludes halogenated alkanes) is 1. The Bertz CT molecular complexity index is 696. The fourth-order valence-electron chi connectivity index (χ4n) is 2.37. The van der Waals surface area contributed by atoms with Crippen molar-refractivity contribution in [2.75, 3.05) is 19.8 Å². The van der Waals surface area contributed by atoms with Crippen molar-refractivity contribution in [3.8, 4) is 12.0 Å². The molecule has 6 heteroatoms. The van der Waals surface area contributed by atoms with E-state index in [9.17, 15) is 10.1 Å². The molecule has 1 amide bonds. The molecule has 2 heterocycles. The van der Waals surface area contributed by atoms with Gasteiger partial charge < -0.3 is 14.5 Å². The van der Waals surface area contributed by atoms with E-state index in [0.29, 0.717) is 30.4 Å². The summed E-state index contributed by atoms with van der Waals surface area (Å²) in [6, 6.07) is 5.74. The van der Waals surface area contributed by atoms with Crippen molar-refractivity contribution >= 4 is 5.91 Å². The predicted octanol–water partition coefficient (Wildman–Crippen LogP) is 3.19. The summed E-state index contributed by atoms with van der Waals surface area (Å²) in [7, 11) is 0. The van der Waals surface area contributed by atoms with E-state index in [1.807, 2.05) is 12.1 Å². The Morgan fingerprint density at radius 2 is 2.04 bits per heavy atom. The van der Waals surface area contributed by atoms with Gasteiger partial charge in [0.25, 0.3) is 5.91 Å². The highest BCUT2D eigenvalue weighted by molar-refractivity contribution is 5.98. The second kappa shape index (κ2) is 8.94. The molecule has 0 saturated carbocycles. The first-order chi connectivity index (χ1) is 11.7. The average molecular weight is 329 g/mol. The smallest absolute Gasteiger partial charge is 0.256 e. The molecule has 0 aliphatic carbocycles. The summed E-state index contributed by atoms with van der Waals surface area (Å²) in [6.45, 7) is 5.68. The monoisotopic (exact) mass is 329 g/mol. The summed E-state index contributed by atoms with van der Waals surface area (Å²) < 4.78 is 12.8. The topological polar surface area (TPSA) is 80.2 Å². The van der Waals surface area contributed by atoms with Gasteiger partial charge in [-0.3, -0.25) is 9.36 Å². The fourth-order valence-corrected chi connectivity index (χ4v) is 2.37. The van der Waals surface area contributed by atoms with E-state index < -0.39 is 0 Å². The van der Waals surface area contributed by atoms with E-state index in [-0.39, 0.29) is 11.5 Å². The molecule has 2 aromatic heterocycles. The number of nitrogens with one attached hydrogen (secondary N) is 1. The minimum absolute atomic E-state index is 0.250. The lowest BCUT2D eigenvalue weighted by Gasteiger charge is -2.06. The summed E-state index contributed by atoms with van der Waals surface area (Å²) >= 11 is 0. The molecule has 0 atom stereocenters. The van der Waals surface area contributed by atoms with Crippen molar-refractivity contribution in [3.05, 3.63) is 41.4 Å². The zero-order chi connectivity index (χ0) is 17.4. The van der Waals surface area contributed by atoms with Crippen molar-refractivity contribution in [1.29, 1.82) is 5.26 Å². The van der Waals surface area contributed by atoms with Gasteiger partial charge in [-0.2, -0.15) is 5.26 Å². The maximum atomic E-state index is 12.4. The van der Waals surface area contributed by atoms with Gasteiger partial charge in [-0.1, -0.05) is 13.3 Å². The Kier molecular flexibility index (Phi) is 6.64. The zero-order valence-corrected chi connectivity index (χ0v) is 14.2. The molecule has 0 spiro atoms. The highest BCUT2D eigenvalue weighted by atomic mass is 16.5. The van der Waals surface area contributed by atoms with Crippen LogP contribution < -0.4 is 5.32 Å². The molecule has 0 unspecified atom stereocenters. The molecule has 128 valence electrons. The number of aryl methyl sites for hydroxylation is 1. The summed E-state index contributed by atoms with van der Waals surface area (Å²) in [6.07, 6.45) is 6.44. The van der Waals surface area contributed by atoms with Crippen LogP contribution in [0.4, 0.5) is 0 Å². The molecule has 2 aromatic rings. The van der Waals surface area contributed by atoms with Crippen LogP contribution in [-0.4, -0.2) is 30.2 Å². The van der Waals surface area contributed by atoms with Gasteiger partial charge in [-0.05, 0) is 31.9 Å². The van der Waals surface area contributed by atoms with Gasteiger partial charge in [0.2, 0.25) is 5.88 Å². The van der Waals surface area contributed by atoms with E-state index in [1.165, 1.54) is 0 Å². The average Bonchev–Trinajstić information content (AvgIpc) is 3.20. The lowest BCUT2D eigenvalue weighted by molar-refractivity contribution is 0.0939. The lowest BCUT2D eigenvalue weighted by atomic mass is 10.1. The Balaban J connectivity index is 1.96. The van der Waals surface area contributed by atoms with Crippen molar-refractivity contribution in [1.82, 2.24) is 9.88 Å². The molecule has 0 saturated heterocycles. The first-order valence-corrected chi connectivity index (χ1v) is 8.21. The molecular weight excluding hydrogens is 306 g/mol. The van der Waals surface area contributed by atoms with Gasteiger partial charge in [-0.25, -0.2) is 0 Å². The molecule has 0 bridgehead atoms. The van der Waals surface area contributed by atoms with E-state index in [0.717, 1.165) is 25.9 Å². The molecule has 1 N–H and O–H groups in total. The number of aromatic nitrogens is 1. The Labute approximate surface area is 142 Å². The van der Waals surface area contributed by atoms with E-state index in [1.54, 1.807) is 23.9 Å². The minimum Gasteiger partial charge on any atom is -0.443 e. The maximum Gasteiger partial charge on any atom is 0.256 e. The molecule has 0 fully saturated rings. The number of carbonyl (C=O) groups excluding carboxylic acids is 1.